The lowest BCUT2D eigenvalue weighted by atomic mass is 10.1. The molecule has 5 nitrogen and oxygen atoms in total. The Morgan fingerprint density at radius 2 is 2.03 bits per heavy atom. The average Bonchev–Trinajstić information content (AvgIpc) is 3.43. The van der Waals surface area contributed by atoms with Crippen LogP contribution in [0.15, 0.2) is 54.9 Å². The van der Waals surface area contributed by atoms with Crippen molar-refractivity contribution in [3.63, 3.8) is 0 Å². The molecule has 0 radical (unpaired) electrons. The van der Waals surface area contributed by atoms with Gasteiger partial charge in [-0.3, -0.25) is 4.79 Å². The maximum absolute atomic E-state index is 13.3. The van der Waals surface area contributed by atoms with Crippen LogP contribution in [0.25, 0.3) is 0 Å². The fraction of sp³-hybridized carbons (Fsp3) is 0.360. The number of aryl methyl sites for hydroxylation is 2. The predicted molar refractivity (Wildman–Crippen MR) is 117 cm³/mol. The number of halogens is 1. The number of aromatic nitrogens is 2. The van der Waals surface area contributed by atoms with Crippen LogP contribution in [-0.2, 0) is 17.8 Å². The third-order valence-electron chi connectivity index (χ3n) is 5.81. The van der Waals surface area contributed by atoms with Crippen molar-refractivity contribution in [1.82, 2.24) is 14.5 Å². The molecule has 0 N–H and O–H groups in total. The second kappa shape index (κ2) is 9.43. The summed E-state index contributed by atoms with van der Waals surface area (Å²) < 4.78 is 21.2. The second-order valence-electron chi connectivity index (χ2n) is 8.23. The van der Waals surface area contributed by atoms with Crippen LogP contribution in [0, 0.1) is 19.7 Å². The Hall–Kier alpha value is -2.99. The molecule has 1 aromatic heterocycles. The first-order valence-electron chi connectivity index (χ1n) is 10.7. The quantitative estimate of drug-likeness (QED) is 0.564. The van der Waals surface area contributed by atoms with Crippen molar-refractivity contribution in [1.29, 1.82) is 0 Å². The molecular formula is C25H28FN3O2. The van der Waals surface area contributed by atoms with E-state index in [0.717, 1.165) is 25.3 Å². The van der Waals surface area contributed by atoms with E-state index in [1.54, 1.807) is 11.1 Å². The van der Waals surface area contributed by atoms with Gasteiger partial charge in [-0.05, 0) is 62.1 Å². The summed E-state index contributed by atoms with van der Waals surface area (Å²) in [7, 11) is 0. The minimum atomic E-state index is -0.355. The van der Waals surface area contributed by atoms with Crippen LogP contribution in [0.2, 0.25) is 0 Å². The highest BCUT2D eigenvalue weighted by molar-refractivity contribution is 5.94. The molecule has 1 aliphatic heterocycles. The molecule has 0 saturated carbocycles. The van der Waals surface area contributed by atoms with Crippen molar-refractivity contribution in [3.05, 3.63) is 88.8 Å². The lowest BCUT2D eigenvalue weighted by molar-refractivity contribution is 0.0499. The van der Waals surface area contributed by atoms with Gasteiger partial charge in [0.2, 0.25) is 0 Å². The monoisotopic (exact) mass is 421 g/mol. The zero-order valence-corrected chi connectivity index (χ0v) is 18.1. The van der Waals surface area contributed by atoms with Gasteiger partial charge in [-0.2, -0.15) is 0 Å². The van der Waals surface area contributed by atoms with E-state index >= 15 is 0 Å². The fourth-order valence-electron chi connectivity index (χ4n) is 3.99. The van der Waals surface area contributed by atoms with Gasteiger partial charge < -0.3 is 14.2 Å². The largest absolute Gasteiger partial charge is 0.376 e. The fourth-order valence-corrected chi connectivity index (χ4v) is 3.99. The first kappa shape index (κ1) is 21.2. The summed E-state index contributed by atoms with van der Waals surface area (Å²) in [6, 6.07) is 12.1. The van der Waals surface area contributed by atoms with Crippen molar-refractivity contribution >= 4 is 5.91 Å². The third kappa shape index (κ3) is 5.20. The molecule has 1 atom stereocenters. The van der Waals surface area contributed by atoms with Gasteiger partial charge in [-0.1, -0.05) is 23.8 Å². The summed E-state index contributed by atoms with van der Waals surface area (Å²) in [5.41, 5.74) is 4.14. The van der Waals surface area contributed by atoms with E-state index in [0.29, 0.717) is 25.2 Å². The molecule has 0 spiro atoms. The maximum Gasteiger partial charge on any atom is 0.254 e. The Kier molecular flexibility index (Phi) is 6.47. The SMILES string of the molecule is Cc1ccc(C)c(Cn2ccnc2CN(CC2CCCO2)C(=O)c2ccc(F)cc2)c1. The highest BCUT2D eigenvalue weighted by atomic mass is 19.1. The number of imidazole rings is 1. The van der Waals surface area contributed by atoms with Crippen molar-refractivity contribution in [3.8, 4) is 0 Å². The number of carbonyl (C=O) groups excluding carboxylic acids is 1. The Morgan fingerprint density at radius 3 is 2.77 bits per heavy atom. The van der Waals surface area contributed by atoms with Gasteiger partial charge in [0, 0.05) is 37.7 Å². The number of carbonyl (C=O) groups is 1. The molecule has 31 heavy (non-hydrogen) atoms. The van der Waals surface area contributed by atoms with Gasteiger partial charge in [-0.15, -0.1) is 0 Å². The molecular weight excluding hydrogens is 393 g/mol. The number of benzene rings is 2. The number of hydrogen-bond donors (Lipinski definition) is 0. The number of hydrogen-bond acceptors (Lipinski definition) is 3. The normalized spacial score (nSPS) is 15.9. The third-order valence-corrected chi connectivity index (χ3v) is 5.81. The van der Waals surface area contributed by atoms with Gasteiger partial charge >= 0.3 is 0 Å². The number of amides is 1. The van der Waals surface area contributed by atoms with Gasteiger partial charge in [0.25, 0.3) is 5.91 Å². The van der Waals surface area contributed by atoms with Crippen molar-refractivity contribution < 1.29 is 13.9 Å². The van der Waals surface area contributed by atoms with Gasteiger partial charge in [0.1, 0.15) is 11.6 Å². The molecule has 4 rings (SSSR count). The summed E-state index contributed by atoms with van der Waals surface area (Å²) in [6.45, 7) is 6.47. The Labute approximate surface area is 182 Å². The molecule has 1 amide bonds. The van der Waals surface area contributed by atoms with E-state index in [1.807, 2.05) is 6.20 Å². The van der Waals surface area contributed by atoms with E-state index in [4.69, 9.17) is 4.74 Å². The topological polar surface area (TPSA) is 47.4 Å². The van der Waals surface area contributed by atoms with E-state index in [1.165, 1.54) is 41.0 Å². The van der Waals surface area contributed by atoms with Crippen molar-refractivity contribution in [2.24, 2.45) is 0 Å². The van der Waals surface area contributed by atoms with E-state index in [9.17, 15) is 9.18 Å². The van der Waals surface area contributed by atoms with Gasteiger partial charge in [0.05, 0.1) is 12.6 Å². The summed E-state index contributed by atoms with van der Waals surface area (Å²) in [6.07, 6.45) is 5.68. The Bertz CT molecular complexity index is 1040. The zero-order chi connectivity index (χ0) is 21.8. The summed E-state index contributed by atoms with van der Waals surface area (Å²) in [5.74, 6) is 0.317. The number of rotatable bonds is 7. The first-order chi connectivity index (χ1) is 15.0. The van der Waals surface area contributed by atoms with Crippen LogP contribution in [0.4, 0.5) is 4.39 Å². The summed E-state index contributed by atoms with van der Waals surface area (Å²) >= 11 is 0. The molecule has 6 heteroatoms. The van der Waals surface area contributed by atoms with Crippen LogP contribution in [-0.4, -0.2) is 39.6 Å². The van der Waals surface area contributed by atoms with Gasteiger partial charge in [-0.25, -0.2) is 9.37 Å². The molecule has 1 unspecified atom stereocenters. The van der Waals surface area contributed by atoms with Crippen LogP contribution < -0.4 is 0 Å². The molecule has 1 saturated heterocycles. The average molecular weight is 422 g/mol. The van der Waals surface area contributed by atoms with Crippen molar-refractivity contribution in [2.75, 3.05) is 13.2 Å². The number of ether oxygens (including phenoxy) is 1. The lowest BCUT2D eigenvalue weighted by Gasteiger charge is -2.26. The van der Waals surface area contributed by atoms with Crippen LogP contribution >= 0.6 is 0 Å². The van der Waals surface area contributed by atoms with Crippen LogP contribution in [0.5, 0.6) is 0 Å². The van der Waals surface area contributed by atoms with E-state index in [-0.39, 0.29) is 17.8 Å². The molecule has 0 bridgehead atoms. The molecule has 0 aliphatic carbocycles. The first-order valence-corrected chi connectivity index (χ1v) is 10.7. The molecule has 1 fully saturated rings. The molecule has 1 aliphatic rings. The van der Waals surface area contributed by atoms with E-state index in [2.05, 4.69) is 41.6 Å². The highest BCUT2D eigenvalue weighted by Gasteiger charge is 2.25. The minimum absolute atomic E-state index is 0.0202. The highest BCUT2D eigenvalue weighted by Crippen LogP contribution is 2.19. The van der Waals surface area contributed by atoms with Crippen molar-refractivity contribution in [2.45, 2.75) is 45.9 Å². The Morgan fingerprint density at radius 1 is 1.23 bits per heavy atom. The standard InChI is InChI=1S/C25H28FN3O2/c1-18-5-6-19(2)21(14-18)15-28-12-11-27-24(28)17-29(16-23-4-3-13-31-23)25(30)20-7-9-22(26)10-8-20/h5-12,14,23H,3-4,13,15-17H2,1-2H3. The molecule has 2 heterocycles. The Balaban J connectivity index is 1.57. The molecule has 3 aromatic rings. The molecule has 2 aromatic carbocycles. The summed E-state index contributed by atoms with van der Waals surface area (Å²) in [4.78, 5) is 19.6. The smallest absolute Gasteiger partial charge is 0.254 e. The predicted octanol–water partition coefficient (Wildman–Crippen LogP) is 4.51. The minimum Gasteiger partial charge on any atom is -0.376 e. The zero-order valence-electron chi connectivity index (χ0n) is 18.1. The molecule has 162 valence electrons. The lowest BCUT2D eigenvalue weighted by Crippen LogP contribution is -2.37. The number of nitrogens with zero attached hydrogens (tertiary/aromatic N) is 3. The second-order valence-corrected chi connectivity index (χ2v) is 8.23. The maximum atomic E-state index is 13.3. The summed E-state index contributed by atoms with van der Waals surface area (Å²) in [5, 5.41) is 0. The van der Waals surface area contributed by atoms with Gasteiger partial charge in [0.15, 0.2) is 0 Å². The van der Waals surface area contributed by atoms with Crippen LogP contribution in [0.3, 0.4) is 0 Å². The van der Waals surface area contributed by atoms with Crippen LogP contribution in [0.1, 0.15) is 45.7 Å². The van der Waals surface area contributed by atoms with E-state index < -0.39 is 0 Å².